The van der Waals surface area contributed by atoms with E-state index >= 15 is 0 Å². The largest absolute Gasteiger partial charge is 0.341 e. The van der Waals surface area contributed by atoms with Gasteiger partial charge in [0, 0.05) is 11.1 Å². The van der Waals surface area contributed by atoms with Gasteiger partial charge < -0.3 is 10.3 Å². The van der Waals surface area contributed by atoms with Crippen molar-refractivity contribution in [2.75, 3.05) is 0 Å². The number of aromatic nitrogens is 2. The van der Waals surface area contributed by atoms with Crippen molar-refractivity contribution >= 4 is 16.9 Å². The van der Waals surface area contributed by atoms with E-state index in [1.165, 1.54) is 0 Å². The van der Waals surface area contributed by atoms with Crippen LogP contribution in [0.4, 0.5) is 0 Å². The number of aromatic amines is 1. The lowest BCUT2D eigenvalue weighted by atomic mass is 9.98. The lowest BCUT2D eigenvalue weighted by molar-refractivity contribution is 0.0943. The molecule has 5 aromatic rings. The second-order valence-corrected chi connectivity index (χ2v) is 7.41. The lowest BCUT2D eigenvalue weighted by Gasteiger charge is -2.20. The molecule has 4 nitrogen and oxygen atoms in total. The van der Waals surface area contributed by atoms with Gasteiger partial charge in [-0.2, -0.15) is 0 Å². The normalized spacial score (nSPS) is 11.0. The van der Waals surface area contributed by atoms with Crippen molar-refractivity contribution in [1.82, 2.24) is 15.3 Å². The van der Waals surface area contributed by atoms with Gasteiger partial charge in [0.1, 0.15) is 5.82 Å². The Kier molecular flexibility index (Phi) is 5.03. The van der Waals surface area contributed by atoms with Gasteiger partial charge in [-0.05, 0) is 35.4 Å². The Morgan fingerprint density at radius 1 is 0.710 bits per heavy atom. The number of para-hydroxylation sites is 2. The topological polar surface area (TPSA) is 57.8 Å². The van der Waals surface area contributed by atoms with Gasteiger partial charge in [-0.3, -0.25) is 4.79 Å². The highest BCUT2D eigenvalue weighted by molar-refractivity contribution is 5.95. The zero-order chi connectivity index (χ0) is 21.0. The molecule has 5 rings (SSSR count). The van der Waals surface area contributed by atoms with Crippen molar-refractivity contribution in [1.29, 1.82) is 0 Å². The molecule has 0 aliphatic carbocycles. The van der Waals surface area contributed by atoms with E-state index in [9.17, 15) is 4.79 Å². The predicted octanol–water partition coefficient (Wildman–Crippen LogP) is 5.75. The Hall–Kier alpha value is -4.18. The van der Waals surface area contributed by atoms with Crippen LogP contribution >= 0.6 is 0 Å². The fourth-order valence-electron chi connectivity index (χ4n) is 3.73. The minimum absolute atomic E-state index is 0.117. The highest BCUT2D eigenvalue weighted by Gasteiger charge is 2.17. The fourth-order valence-corrected chi connectivity index (χ4v) is 3.73. The molecule has 2 N–H and O–H groups in total. The number of carbonyl (C=O) groups is 1. The number of fused-ring (bicyclic) bond motifs is 1. The monoisotopic (exact) mass is 403 g/mol. The minimum atomic E-state index is -0.218. The highest BCUT2D eigenvalue weighted by Crippen LogP contribution is 2.24. The summed E-state index contributed by atoms with van der Waals surface area (Å²) in [5.74, 6) is 0.675. The Morgan fingerprint density at radius 2 is 1.29 bits per heavy atom. The maximum Gasteiger partial charge on any atom is 0.252 e. The van der Waals surface area contributed by atoms with Gasteiger partial charge in [-0.15, -0.1) is 0 Å². The summed E-state index contributed by atoms with van der Waals surface area (Å²) in [4.78, 5) is 21.0. The third kappa shape index (κ3) is 3.96. The minimum Gasteiger partial charge on any atom is -0.341 e. The Bertz CT molecular complexity index is 1240. The molecule has 0 saturated carbocycles. The summed E-state index contributed by atoms with van der Waals surface area (Å²) in [5.41, 5.74) is 5.55. The highest BCUT2D eigenvalue weighted by atomic mass is 16.1. The van der Waals surface area contributed by atoms with Crippen molar-refractivity contribution in [3.8, 4) is 11.4 Å². The lowest BCUT2D eigenvalue weighted by Crippen LogP contribution is -2.29. The van der Waals surface area contributed by atoms with Crippen molar-refractivity contribution in [2.45, 2.75) is 6.04 Å². The number of amides is 1. The molecule has 0 aliphatic rings. The van der Waals surface area contributed by atoms with E-state index in [1.807, 2.05) is 109 Å². The maximum atomic E-state index is 13.1. The molecule has 1 aromatic heterocycles. The van der Waals surface area contributed by atoms with Gasteiger partial charge in [-0.25, -0.2) is 4.98 Å². The number of imidazole rings is 1. The van der Waals surface area contributed by atoms with Crippen LogP contribution in [-0.2, 0) is 0 Å². The Morgan fingerprint density at radius 3 is 1.90 bits per heavy atom. The van der Waals surface area contributed by atoms with Gasteiger partial charge in [0.25, 0.3) is 5.91 Å². The molecule has 0 saturated heterocycles. The number of nitrogens with zero attached hydrogens (tertiary/aromatic N) is 1. The van der Waals surface area contributed by atoms with Crippen LogP contribution < -0.4 is 5.32 Å². The van der Waals surface area contributed by atoms with E-state index in [-0.39, 0.29) is 11.9 Å². The smallest absolute Gasteiger partial charge is 0.252 e. The van der Waals surface area contributed by atoms with Crippen LogP contribution in [0.25, 0.3) is 22.4 Å². The molecule has 0 bridgehead atoms. The quantitative estimate of drug-likeness (QED) is 0.393. The summed E-state index contributed by atoms with van der Waals surface area (Å²) in [5, 5.41) is 3.18. The van der Waals surface area contributed by atoms with Gasteiger partial charge in [0.05, 0.1) is 17.1 Å². The number of hydrogen-bond acceptors (Lipinski definition) is 2. The molecule has 0 spiro atoms. The first-order valence-electron chi connectivity index (χ1n) is 10.2. The zero-order valence-corrected chi connectivity index (χ0v) is 16.8. The number of H-pyrrole nitrogens is 1. The molecule has 0 fully saturated rings. The molecule has 150 valence electrons. The number of hydrogen-bond donors (Lipinski definition) is 2. The van der Waals surface area contributed by atoms with Crippen molar-refractivity contribution in [3.05, 3.63) is 126 Å². The van der Waals surface area contributed by atoms with Gasteiger partial charge in [0.2, 0.25) is 0 Å². The fraction of sp³-hybridized carbons (Fsp3) is 0.0370. The number of benzene rings is 4. The number of carbonyl (C=O) groups excluding carboxylic acids is 1. The number of nitrogens with one attached hydrogen (secondary N) is 2. The van der Waals surface area contributed by atoms with Crippen LogP contribution in [0, 0.1) is 0 Å². The first-order valence-corrected chi connectivity index (χ1v) is 10.2. The molecule has 4 aromatic carbocycles. The van der Waals surface area contributed by atoms with E-state index in [4.69, 9.17) is 0 Å². The number of rotatable bonds is 5. The predicted molar refractivity (Wildman–Crippen MR) is 124 cm³/mol. The van der Waals surface area contributed by atoms with Crippen LogP contribution in [0.1, 0.15) is 27.5 Å². The van der Waals surface area contributed by atoms with E-state index < -0.39 is 0 Å². The maximum absolute atomic E-state index is 13.1. The molecule has 1 amide bonds. The second kappa shape index (κ2) is 8.28. The van der Waals surface area contributed by atoms with E-state index in [0.717, 1.165) is 33.5 Å². The van der Waals surface area contributed by atoms with Gasteiger partial charge >= 0.3 is 0 Å². The summed E-state index contributed by atoms with van der Waals surface area (Å²) < 4.78 is 0. The van der Waals surface area contributed by atoms with Gasteiger partial charge in [0.15, 0.2) is 0 Å². The summed E-state index contributed by atoms with van der Waals surface area (Å²) in [6, 6.07) is 35.2. The summed E-state index contributed by atoms with van der Waals surface area (Å²) >= 11 is 0. The molecule has 0 atom stereocenters. The van der Waals surface area contributed by atoms with Crippen LogP contribution in [0.2, 0.25) is 0 Å². The van der Waals surface area contributed by atoms with Crippen LogP contribution in [0.5, 0.6) is 0 Å². The Labute approximate surface area is 180 Å². The van der Waals surface area contributed by atoms with Gasteiger partial charge in [-0.1, -0.05) is 84.9 Å². The third-order valence-corrected chi connectivity index (χ3v) is 5.35. The second-order valence-electron chi connectivity index (χ2n) is 7.41. The van der Waals surface area contributed by atoms with Crippen LogP contribution in [0.3, 0.4) is 0 Å². The van der Waals surface area contributed by atoms with E-state index in [2.05, 4.69) is 15.3 Å². The SMILES string of the molecule is O=C(NC(c1ccccc1)c1ccccc1)c1ccc(-c2nc3ccccc3[nH]2)cc1. The summed E-state index contributed by atoms with van der Waals surface area (Å²) in [7, 11) is 0. The first kappa shape index (κ1) is 18.8. The molecule has 4 heteroatoms. The zero-order valence-electron chi connectivity index (χ0n) is 16.8. The van der Waals surface area contributed by atoms with E-state index in [0.29, 0.717) is 5.56 Å². The standard InChI is InChI=1S/C27H21N3O/c31-27(30-25(19-9-3-1-4-10-19)20-11-5-2-6-12-20)22-17-15-21(16-18-22)26-28-23-13-7-8-14-24(23)29-26/h1-18,25H,(H,28,29)(H,30,31). The molecule has 0 radical (unpaired) electrons. The van der Waals surface area contributed by atoms with Crippen molar-refractivity contribution < 1.29 is 4.79 Å². The van der Waals surface area contributed by atoms with Crippen molar-refractivity contribution in [2.24, 2.45) is 0 Å². The average molecular weight is 403 g/mol. The van der Waals surface area contributed by atoms with Crippen LogP contribution in [0.15, 0.2) is 109 Å². The molecular formula is C27H21N3O. The molecule has 1 heterocycles. The average Bonchev–Trinajstić information content (AvgIpc) is 3.28. The van der Waals surface area contributed by atoms with E-state index in [1.54, 1.807) is 0 Å². The molecule has 0 unspecified atom stereocenters. The third-order valence-electron chi connectivity index (χ3n) is 5.35. The Balaban J connectivity index is 1.40. The molecular weight excluding hydrogens is 382 g/mol. The van der Waals surface area contributed by atoms with Crippen molar-refractivity contribution in [3.63, 3.8) is 0 Å². The molecule has 31 heavy (non-hydrogen) atoms. The molecule has 0 aliphatic heterocycles. The van der Waals surface area contributed by atoms with Crippen LogP contribution in [-0.4, -0.2) is 15.9 Å². The summed E-state index contributed by atoms with van der Waals surface area (Å²) in [6.07, 6.45) is 0. The first-order chi connectivity index (χ1) is 15.3. The summed E-state index contributed by atoms with van der Waals surface area (Å²) in [6.45, 7) is 0.